The first-order valence-electron chi connectivity index (χ1n) is 8.44. The van der Waals surface area contributed by atoms with Gasteiger partial charge in [-0.15, -0.1) is 0 Å². The zero-order chi connectivity index (χ0) is 19.1. The fourth-order valence-corrected chi connectivity index (χ4v) is 5.28. The predicted octanol–water partition coefficient (Wildman–Crippen LogP) is 2.79. The van der Waals surface area contributed by atoms with Crippen LogP contribution in [-0.4, -0.2) is 47.6 Å². The van der Waals surface area contributed by atoms with E-state index in [9.17, 15) is 13.2 Å². The molecule has 6 nitrogen and oxygen atoms in total. The molecule has 1 amide bonds. The van der Waals surface area contributed by atoms with Gasteiger partial charge in [-0.1, -0.05) is 17.7 Å². The summed E-state index contributed by atoms with van der Waals surface area (Å²) >= 11 is 5.97. The third-order valence-corrected chi connectivity index (χ3v) is 6.83. The van der Waals surface area contributed by atoms with Gasteiger partial charge in [0.05, 0.1) is 23.2 Å². The second-order valence-electron chi connectivity index (χ2n) is 6.82. The Bertz CT molecular complexity index is 953. The van der Waals surface area contributed by atoms with Crippen LogP contribution in [0.4, 0.5) is 0 Å². The van der Waals surface area contributed by atoms with Gasteiger partial charge in [-0.05, 0) is 38.5 Å². The largest absolute Gasteiger partial charge is 0.337 e. The summed E-state index contributed by atoms with van der Waals surface area (Å²) in [5, 5.41) is 5.07. The van der Waals surface area contributed by atoms with Crippen molar-refractivity contribution in [2.24, 2.45) is 0 Å². The Morgan fingerprint density at radius 1 is 1.38 bits per heavy atom. The highest BCUT2D eigenvalue weighted by molar-refractivity contribution is 7.91. The van der Waals surface area contributed by atoms with Crippen LogP contribution >= 0.6 is 11.6 Å². The zero-order valence-electron chi connectivity index (χ0n) is 15.1. The van der Waals surface area contributed by atoms with Crippen LogP contribution in [0.2, 0.25) is 5.02 Å². The summed E-state index contributed by atoms with van der Waals surface area (Å²) in [6.07, 6.45) is 0.584. The molecule has 0 aliphatic carbocycles. The Morgan fingerprint density at radius 3 is 2.73 bits per heavy atom. The highest BCUT2D eigenvalue weighted by atomic mass is 35.5. The van der Waals surface area contributed by atoms with Crippen molar-refractivity contribution >= 4 is 27.3 Å². The van der Waals surface area contributed by atoms with E-state index in [-0.39, 0.29) is 23.5 Å². The van der Waals surface area contributed by atoms with Gasteiger partial charge in [-0.3, -0.25) is 9.48 Å². The van der Waals surface area contributed by atoms with Gasteiger partial charge >= 0.3 is 0 Å². The van der Waals surface area contributed by atoms with Crippen LogP contribution < -0.4 is 0 Å². The molecule has 1 saturated heterocycles. The highest BCUT2D eigenvalue weighted by Crippen LogP contribution is 2.27. The van der Waals surface area contributed by atoms with Crippen LogP contribution in [0.5, 0.6) is 0 Å². The Morgan fingerprint density at radius 2 is 2.12 bits per heavy atom. The van der Waals surface area contributed by atoms with Gasteiger partial charge in [0, 0.05) is 35.4 Å². The van der Waals surface area contributed by atoms with E-state index in [0.29, 0.717) is 23.6 Å². The molecule has 1 fully saturated rings. The van der Waals surface area contributed by atoms with Crippen molar-refractivity contribution in [3.8, 4) is 0 Å². The zero-order valence-corrected chi connectivity index (χ0v) is 16.6. The molecule has 0 N–H and O–H groups in total. The lowest BCUT2D eigenvalue weighted by molar-refractivity contribution is 0.0784. The van der Waals surface area contributed by atoms with Crippen molar-refractivity contribution in [3.63, 3.8) is 0 Å². The Kier molecular flexibility index (Phi) is 5.12. The number of aromatic nitrogens is 2. The number of nitrogens with zero attached hydrogens (tertiary/aromatic N) is 3. The number of hydrogen-bond donors (Lipinski definition) is 0. The summed E-state index contributed by atoms with van der Waals surface area (Å²) in [7, 11) is -1.24. The molecule has 0 saturated carbocycles. The van der Waals surface area contributed by atoms with E-state index in [2.05, 4.69) is 5.10 Å². The molecule has 1 aliphatic rings. The Labute approximate surface area is 158 Å². The maximum Gasteiger partial charge on any atom is 0.253 e. The molecule has 1 atom stereocenters. The molecule has 2 aromatic rings. The average molecular weight is 396 g/mol. The number of hydrogen-bond acceptors (Lipinski definition) is 4. The van der Waals surface area contributed by atoms with E-state index in [1.54, 1.807) is 36.2 Å². The highest BCUT2D eigenvalue weighted by Gasteiger charge is 2.31. The van der Waals surface area contributed by atoms with Gasteiger partial charge in [0.2, 0.25) is 0 Å². The molecule has 0 spiro atoms. The summed E-state index contributed by atoms with van der Waals surface area (Å²) in [6.45, 7) is 4.22. The SMILES string of the molecule is Cc1nn([C@@H]2CCS(=O)(=O)C2)c(C)c1CN(C)C(=O)c1cccc(Cl)c1. The normalized spacial score (nSPS) is 18.8. The predicted molar refractivity (Wildman–Crippen MR) is 101 cm³/mol. The van der Waals surface area contributed by atoms with Crippen LogP contribution in [-0.2, 0) is 16.4 Å². The number of sulfone groups is 1. The summed E-state index contributed by atoms with van der Waals surface area (Å²) in [4.78, 5) is 14.3. The minimum atomic E-state index is -2.98. The number of amides is 1. The third kappa shape index (κ3) is 3.78. The van der Waals surface area contributed by atoms with Crippen molar-refractivity contribution in [2.45, 2.75) is 32.9 Å². The molecule has 26 heavy (non-hydrogen) atoms. The molecule has 0 bridgehead atoms. The van der Waals surface area contributed by atoms with Crippen LogP contribution in [0, 0.1) is 13.8 Å². The van der Waals surface area contributed by atoms with Gasteiger partial charge < -0.3 is 4.90 Å². The lowest BCUT2D eigenvalue weighted by atomic mass is 10.1. The quantitative estimate of drug-likeness (QED) is 0.797. The van der Waals surface area contributed by atoms with Crippen molar-refractivity contribution in [1.29, 1.82) is 0 Å². The first-order chi connectivity index (χ1) is 12.2. The third-order valence-electron chi connectivity index (χ3n) is 4.84. The molecule has 140 valence electrons. The number of aryl methyl sites for hydroxylation is 1. The summed E-state index contributed by atoms with van der Waals surface area (Å²) in [5.74, 6) is 0.215. The van der Waals surface area contributed by atoms with E-state index < -0.39 is 9.84 Å². The van der Waals surface area contributed by atoms with Gasteiger partial charge in [-0.2, -0.15) is 5.10 Å². The van der Waals surface area contributed by atoms with Gasteiger partial charge in [-0.25, -0.2) is 8.42 Å². The fourth-order valence-electron chi connectivity index (χ4n) is 3.40. The summed E-state index contributed by atoms with van der Waals surface area (Å²) in [6, 6.07) is 6.73. The van der Waals surface area contributed by atoms with Crippen LogP contribution in [0.1, 0.15) is 39.8 Å². The van der Waals surface area contributed by atoms with Crippen LogP contribution in [0.15, 0.2) is 24.3 Å². The lowest BCUT2D eigenvalue weighted by Crippen LogP contribution is -2.26. The second-order valence-corrected chi connectivity index (χ2v) is 9.49. The first kappa shape index (κ1) is 18.9. The van der Waals surface area contributed by atoms with E-state index in [0.717, 1.165) is 17.0 Å². The van der Waals surface area contributed by atoms with E-state index in [1.165, 1.54) is 0 Å². The minimum absolute atomic E-state index is 0.123. The Balaban J connectivity index is 1.81. The van der Waals surface area contributed by atoms with E-state index in [1.807, 2.05) is 18.5 Å². The van der Waals surface area contributed by atoms with Crippen molar-refractivity contribution in [1.82, 2.24) is 14.7 Å². The average Bonchev–Trinajstić information content (AvgIpc) is 3.07. The number of benzene rings is 1. The van der Waals surface area contributed by atoms with E-state index in [4.69, 9.17) is 11.6 Å². The van der Waals surface area contributed by atoms with Gasteiger partial charge in [0.1, 0.15) is 0 Å². The van der Waals surface area contributed by atoms with Gasteiger partial charge in [0.25, 0.3) is 5.91 Å². The first-order valence-corrected chi connectivity index (χ1v) is 10.6. The van der Waals surface area contributed by atoms with Crippen molar-refractivity contribution < 1.29 is 13.2 Å². The van der Waals surface area contributed by atoms with Gasteiger partial charge in [0.15, 0.2) is 9.84 Å². The number of carbonyl (C=O) groups is 1. The molecular formula is C18H22ClN3O3S. The second kappa shape index (κ2) is 7.04. The minimum Gasteiger partial charge on any atom is -0.337 e. The molecule has 1 aromatic heterocycles. The number of carbonyl (C=O) groups excluding carboxylic acids is 1. The fraction of sp³-hybridized carbons (Fsp3) is 0.444. The maximum absolute atomic E-state index is 12.6. The van der Waals surface area contributed by atoms with Crippen LogP contribution in [0.3, 0.4) is 0 Å². The van der Waals surface area contributed by atoms with Crippen LogP contribution in [0.25, 0.3) is 0 Å². The topological polar surface area (TPSA) is 72.3 Å². The standard InChI is InChI=1S/C18H22ClN3O3S/c1-12-17(10-21(3)18(23)14-5-4-6-15(19)9-14)13(2)22(20-12)16-7-8-26(24,25)11-16/h4-6,9,16H,7-8,10-11H2,1-3H3/t16-/m1/s1. The number of halogens is 1. The lowest BCUT2D eigenvalue weighted by Gasteiger charge is -2.18. The van der Waals surface area contributed by atoms with Crippen molar-refractivity contribution in [3.05, 3.63) is 51.8 Å². The smallest absolute Gasteiger partial charge is 0.253 e. The Hall–Kier alpha value is -1.86. The summed E-state index contributed by atoms with van der Waals surface area (Å²) < 4.78 is 25.3. The molecular weight excluding hydrogens is 374 g/mol. The van der Waals surface area contributed by atoms with Crippen molar-refractivity contribution in [2.75, 3.05) is 18.6 Å². The molecule has 2 heterocycles. The monoisotopic (exact) mass is 395 g/mol. The molecule has 1 aromatic carbocycles. The van der Waals surface area contributed by atoms with E-state index >= 15 is 0 Å². The molecule has 0 unspecified atom stereocenters. The molecule has 8 heteroatoms. The molecule has 0 radical (unpaired) electrons. The molecule has 3 rings (SSSR count). The summed E-state index contributed by atoms with van der Waals surface area (Å²) in [5.41, 5.74) is 3.21. The number of rotatable bonds is 4. The maximum atomic E-state index is 12.6. The molecule has 1 aliphatic heterocycles.